The minimum absolute atomic E-state index is 0.0135. The van der Waals surface area contributed by atoms with Gasteiger partial charge in [0.2, 0.25) is 0 Å². The van der Waals surface area contributed by atoms with Crippen molar-refractivity contribution >= 4 is 56.1 Å². The predicted octanol–water partition coefficient (Wildman–Crippen LogP) is 9.28. The van der Waals surface area contributed by atoms with Gasteiger partial charge in [0.15, 0.2) is 11.4 Å². The van der Waals surface area contributed by atoms with Crippen LogP contribution < -0.4 is 0 Å². The molecule has 1 N–H and O–H groups in total. The number of aromatic carboxylic acids is 1. The van der Waals surface area contributed by atoms with Crippen molar-refractivity contribution in [2.75, 3.05) is 33.5 Å². The molecule has 12 heterocycles. The second-order valence-electron chi connectivity index (χ2n) is 19.4. The minimum atomic E-state index is -1.17. The molecule has 2 saturated heterocycles. The molecule has 2 aliphatic rings. The molecule has 10 aromatic heterocycles. The van der Waals surface area contributed by atoms with Crippen LogP contribution in [0.15, 0.2) is 64.2 Å². The summed E-state index contributed by atoms with van der Waals surface area (Å²) >= 11 is 0. The third-order valence-corrected chi connectivity index (χ3v) is 15.0. The van der Waals surface area contributed by atoms with E-state index in [2.05, 4.69) is 30.5 Å². The number of carboxylic acids is 1. The van der Waals surface area contributed by atoms with Crippen molar-refractivity contribution in [2.45, 2.75) is 72.4 Å². The van der Waals surface area contributed by atoms with E-state index in [0.29, 0.717) is 108 Å². The zero-order valence-electron chi connectivity index (χ0n) is 43.1. The summed E-state index contributed by atoms with van der Waals surface area (Å²) in [7, 11) is 4.77. The Labute approximate surface area is 432 Å². The molecule has 0 aliphatic carbocycles. The topological polar surface area (TPSA) is 231 Å². The number of hydrogen-bond acceptors (Lipinski definition) is 15. The second kappa shape index (κ2) is 19.8. The summed E-state index contributed by atoms with van der Waals surface area (Å²) < 4.78 is 65.2. The molecule has 0 aromatic carbocycles. The van der Waals surface area contributed by atoms with Crippen LogP contribution in [-0.4, -0.2) is 110 Å². The Morgan fingerprint density at radius 2 is 1.18 bits per heavy atom. The number of pyridine rings is 4. The Bertz CT molecular complexity index is 3850. The van der Waals surface area contributed by atoms with Gasteiger partial charge in [0, 0.05) is 87.6 Å². The van der Waals surface area contributed by atoms with E-state index < -0.39 is 35.7 Å². The molecular formula is C54H54F2N12O8. The van der Waals surface area contributed by atoms with Crippen LogP contribution in [-0.2, 0) is 28.3 Å². The Morgan fingerprint density at radius 1 is 0.671 bits per heavy atom. The van der Waals surface area contributed by atoms with Gasteiger partial charge < -0.3 is 37.5 Å². The Balaban J connectivity index is 0.000000162. The third-order valence-electron chi connectivity index (χ3n) is 15.0. The van der Waals surface area contributed by atoms with E-state index in [9.17, 15) is 14.7 Å². The van der Waals surface area contributed by atoms with Crippen molar-refractivity contribution in [2.24, 2.45) is 25.9 Å². The monoisotopic (exact) mass is 1040 g/mol. The van der Waals surface area contributed by atoms with Gasteiger partial charge in [0.1, 0.15) is 56.3 Å². The first-order chi connectivity index (χ1) is 36.7. The molecule has 0 saturated carbocycles. The van der Waals surface area contributed by atoms with Crippen LogP contribution in [0.2, 0.25) is 0 Å². The van der Waals surface area contributed by atoms with Crippen LogP contribution in [0.5, 0.6) is 0 Å². The normalized spacial score (nSPS) is 15.4. The number of carbonyl (C=O) groups excluding carboxylic acids is 1. The average molecular weight is 1040 g/mol. The summed E-state index contributed by atoms with van der Waals surface area (Å²) in [6.07, 6.45) is 9.40. The molecule has 12 rings (SSSR count). The molecule has 22 heteroatoms. The number of nitrogens with zero attached hydrogens (tertiary/aromatic N) is 12. The van der Waals surface area contributed by atoms with Crippen LogP contribution in [0.1, 0.15) is 98.6 Å². The van der Waals surface area contributed by atoms with Crippen LogP contribution in [0.3, 0.4) is 0 Å². The highest BCUT2D eigenvalue weighted by Gasteiger charge is 2.39. The van der Waals surface area contributed by atoms with E-state index in [0.717, 1.165) is 44.7 Å². The maximum atomic E-state index is 15.5. The fraction of sp³-hybridized carbons (Fsp3) is 0.370. The van der Waals surface area contributed by atoms with E-state index in [-0.39, 0.29) is 28.9 Å². The lowest BCUT2D eigenvalue weighted by atomic mass is 9.88. The highest BCUT2D eigenvalue weighted by atomic mass is 19.1. The molecule has 10 aromatic rings. The van der Waals surface area contributed by atoms with Crippen molar-refractivity contribution in [3.63, 3.8) is 0 Å². The number of hydrogen-bond donors (Lipinski definition) is 1. The van der Waals surface area contributed by atoms with Gasteiger partial charge in [-0.2, -0.15) is 10.2 Å². The number of esters is 1. The van der Waals surface area contributed by atoms with E-state index in [1.54, 1.807) is 55.7 Å². The Hall–Kier alpha value is -8.24. The molecular weight excluding hydrogens is 983 g/mol. The average Bonchev–Trinajstić information content (AvgIpc) is 4.33. The van der Waals surface area contributed by atoms with Crippen LogP contribution in [0.25, 0.3) is 66.4 Å². The lowest BCUT2D eigenvalue weighted by Gasteiger charge is -2.32. The number of methoxy groups -OCH3 is 1. The largest absolute Gasteiger partial charge is 0.476 e. The fourth-order valence-electron chi connectivity index (χ4n) is 11.6. The maximum absolute atomic E-state index is 15.5. The Kier molecular flexibility index (Phi) is 13.0. The summed E-state index contributed by atoms with van der Waals surface area (Å²) in [6.45, 7) is 11.6. The summed E-state index contributed by atoms with van der Waals surface area (Å²) in [5, 5.41) is 27.2. The molecule has 2 fully saturated rings. The van der Waals surface area contributed by atoms with Crippen LogP contribution >= 0.6 is 0 Å². The zero-order valence-corrected chi connectivity index (χ0v) is 43.1. The Morgan fingerprint density at radius 3 is 1.71 bits per heavy atom. The van der Waals surface area contributed by atoms with E-state index in [1.807, 2.05) is 49.8 Å². The highest BCUT2D eigenvalue weighted by Crippen LogP contribution is 2.46. The van der Waals surface area contributed by atoms with E-state index in [1.165, 1.54) is 23.9 Å². The summed E-state index contributed by atoms with van der Waals surface area (Å²) in [5.74, 6) is -1.38. The molecule has 0 bridgehead atoms. The van der Waals surface area contributed by atoms with Gasteiger partial charge in [-0.25, -0.2) is 18.4 Å². The molecule has 392 valence electrons. The standard InChI is InChI=1S/2C27H27FN6O4/c1-14-20(15(2)38-32-14)17-12-19-22(30-13-17)25-26(23(27(35)36-4)31-33(25)3)34(19)24(16-7-10-37-11-8-16)21-18(28)6-5-9-29-21;1-13-17(19-14(2)32-38-15(19)3)12-30-21-23(13)34(26-22(27(35)36)31-33(4)25(21)26)24(16-7-10-37-11-8-16)20-18(28)6-5-9-29-20/h5-6,9,12-13,16,24H,7-8,10-11H2,1-4H3;5-6,9,12,16,24H,7-8,10-11H2,1-4H3,(H,35,36)/t2*24-/m00/s1. The fourth-order valence-corrected chi connectivity index (χ4v) is 11.6. The van der Waals surface area contributed by atoms with Crippen molar-refractivity contribution in [3.8, 4) is 22.3 Å². The second-order valence-corrected chi connectivity index (χ2v) is 19.4. The highest BCUT2D eigenvalue weighted by molar-refractivity contribution is 6.13. The minimum Gasteiger partial charge on any atom is -0.476 e. The quantitative estimate of drug-likeness (QED) is 0.126. The molecule has 2 atom stereocenters. The third kappa shape index (κ3) is 8.17. The number of aromatic nitrogens is 12. The summed E-state index contributed by atoms with van der Waals surface area (Å²) in [4.78, 5) is 44.0. The SMILES string of the molecule is COC(=O)c1nn(C)c2c3ncc(-c4c(C)noc4C)cc3n([C@H](c3ncccc3F)C3CCOCC3)c12.Cc1noc(C)c1-c1cnc2c3c(c(C(=O)O)nn3C)n([C@H](c3ncccc3F)C3CCOCC3)c2c1C. The van der Waals surface area contributed by atoms with Crippen molar-refractivity contribution < 1.29 is 46.7 Å². The molecule has 20 nitrogen and oxygen atoms in total. The van der Waals surface area contributed by atoms with Gasteiger partial charge in [-0.15, -0.1) is 0 Å². The van der Waals surface area contributed by atoms with Gasteiger partial charge in [0.25, 0.3) is 0 Å². The molecule has 0 spiro atoms. The van der Waals surface area contributed by atoms with Crippen LogP contribution in [0.4, 0.5) is 8.78 Å². The summed E-state index contributed by atoms with van der Waals surface area (Å²) in [5.41, 5.74) is 10.9. The maximum Gasteiger partial charge on any atom is 0.360 e. The number of rotatable bonds is 10. The number of fused-ring (bicyclic) bond motifs is 6. The first kappa shape index (κ1) is 49.9. The van der Waals surface area contributed by atoms with Gasteiger partial charge in [-0.05, 0) is 108 Å². The van der Waals surface area contributed by atoms with Gasteiger partial charge in [0.05, 0.1) is 53.0 Å². The molecule has 0 unspecified atom stereocenters. The summed E-state index contributed by atoms with van der Waals surface area (Å²) in [6, 6.07) is 6.76. The number of carboxylic acid groups (broad SMARTS) is 1. The number of aryl methyl sites for hydroxylation is 7. The number of carbonyl (C=O) groups is 2. The van der Waals surface area contributed by atoms with Crippen molar-refractivity contribution in [1.82, 2.24) is 58.9 Å². The first-order valence-corrected chi connectivity index (χ1v) is 25.0. The molecule has 2 aliphatic heterocycles. The van der Waals surface area contributed by atoms with Gasteiger partial charge >= 0.3 is 11.9 Å². The lowest BCUT2D eigenvalue weighted by molar-refractivity contribution is 0.0539. The van der Waals surface area contributed by atoms with Gasteiger partial charge in [-0.3, -0.25) is 29.3 Å². The van der Waals surface area contributed by atoms with Crippen LogP contribution in [0, 0.1) is 58.1 Å². The van der Waals surface area contributed by atoms with E-state index >= 15 is 8.78 Å². The predicted molar refractivity (Wildman–Crippen MR) is 273 cm³/mol. The van der Waals surface area contributed by atoms with Crippen molar-refractivity contribution in [1.29, 1.82) is 0 Å². The van der Waals surface area contributed by atoms with Gasteiger partial charge in [-0.1, -0.05) is 10.3 Å². The van der Waals surface area contributed by atoms with E-state index in [4.69, 9.17) is 33.2 Å². The lowest BCUT2D eigenvalue weighted by Crippen LogP contribution is -2.28. The zero-order chi connectivity index (χ0) is 53.3. The number of ether oxygens (including phenoxy) is 3. The first-order valence-electron chi connectivity index (χ1n) is 25.0. The molecule has 0 amide bonds. The van der Waals surface area contributed by atoms with Crippen molar-refractivity contribution in [3.05, 3.63) is 118 Å². The molecule has 76 heavy (non-hydrogen) atoms. The molecule has 0 radical (unpaired) electrons. The smallest absolute Gasteiger partial charge is 0.360 e. The number of halogens is 2.